The van der Waals surface area contributed by atoms with Gasteiger partial charge in [0.2, 0.25) is 5.71 Å². The first-order valence-corrected chi connectivity index (χ1v) is 14.8. The minimum Gasteiger partial charge on any atom is -0.461 e. The molecule has 0 amide bonds. The van der Waals surface area contributed by atoms with Gasteiger partial charge in [0.25, 0.3) is 5.56 Å². The average Bonchev–Trinajstić information content (AvgIpc) is 3.08. The van der Waals surface area contributed by atoms with E-state index in [1.54, 1.807) is 6.92 Å². The number of carbonyl (C=O) groups is 1. The van der Waals surface area contributed by atoms with Crippen molar-refractivity contribution in [1.29, 1.82) is 0 Å². The van der Waals surface area contributed by atoms with Crippen molar-refractivity contribution in [1.82, 2.24) is 14.5 Å². The second-order valence-corrected chi connectivity index (χ2v) is 12.0. The first kappa shape index (κ1) is 25.5. The maximum absolute atomic E-state index is 14.0. The lowest BCUT2D eigenvalue weighted by Crippen LogP contribution is -2.58. The van der Waals surface area contributed by atoms with Gasteiger partial charge in [-0.3, -0.25) is 9.69 Å². The van der Waals surface area contributed by atoms with Gasteiger partial charge in [-0.05, 0) is 75.8 Å². The van der Waals surface area contributed by atoms with Crippen LogP contribution in [-0.2, 0) is 9.53 Å². The van der Waals surface area contributed by atoms with Crippen LogP contribution in [-0.4, -0.2) is 56.1 Å². The molecule has 8 nitrogen and oxygen atoms in total. The molecular formula is C30H40N4O4. The molecule has 1 aromatic heterocycles. The summed E-state index contributed by atoms with van der Waals surface area (Å²) >= 11 is 0. The maximum atomic E-state index is 14.0. The van der Waals surface area contributed by atoms with Crippen molar-refractivity contribution in [3.05, 3.63) is 40.3 Å². The minimum absolute atomic E-state index is 0.00806. The van der Waals surface area contributed by atoms with Crippen molar-refractivity contribution in [2.45, 2.75) is 108 Å². The van der Waals surface area contributed by atoms with Crippen molar-refractivity contribution >= 4 is 22.7 Å². The number of ether oxygens (including phenoxy) is 1. The van der Waals surface area contributed by atoms with Gasteiger partial charge in [-0.15, -0.1) is 0 Å². The number of benzene rings is 1. The van der Waals surface area contributed by atoms with Gasteiger partial charge < -0.3 is 14.5 Å². The Kier molecular flexibility index (Phi) is 7.25. The predicted octanol–water partition coefficient (Wildman–Crippen LogP) is 5.05. The molecule has 0 spiro atoms. The quantitative estimate of drug-likeness (QED) is 0.256. The monoisotopic (exact) mass is 520 g/mol. The molecule has 2 saturated carbocycles. The third-order valence-corrected chi connectivity index (χ3v) is 9.73. The predicted molar refractivity (Wildman–Crippen MR) is 146 cm³/mol. The normalized spacial score (nSPS) is 32.1. The summed E-state index contributed by atoms with van der Waals surface area (Å²) in [6, 6.07) is 9.18. The number of oxime groups is 1. The Morgan fingerprint density at radius 3 is 2.29 bits per heavy atom. The van der Waals surface area contributed by atoms with Gasteiger partial charge in [-0.1, -0.05) is 49.4 Å². The molecule has 2 aliphatic heterocycles. The molecule has 2 aliphatic carbocycles. The molecule has 1 N–H and O–H groups in total. The highest BCUT2D eigenvalue weighted by Crippen LogP contribution is 2.47. The molecule has 204 valence electrons. The molecule has 2 aromatic rings. The fourth-order valence-corrected chi connectivity index (χ4v) is 8.36. The van der Waals surface area contributed by atoms with Crippen molar-refractivity contribution in [2.24, 2.45) is 17.0 Å². The summed E-state index contributed by atoms with van der Waals surface area (Å²) in [5.41, 5.74) is 0.413. The Labute approximate surface area is 224 Å². The van der Waals surface area contributed by atoms with Gasteiger partial charge in [-0.2, -0.15) is 0 Å². The van der Waals surface area contributed by atoms with Crippen molar-refractivity contribution in [2.75, 3.05) is 6.61 Å². The number of fused-ring (bicyclic) bond motifs is 5. The average molecular weight is 521 g/mol. The molecule has 2 saturated heterocycles. The van der Waals surface area contributed by atoms with Gasteiger partial charge in [-0.25, -0.2) is 9.78 Å². The third-order valence-electron chi connectivity index (χ3n) is 9.73. The molecule has 8 heteroatoms. The van der Waals surface area contributed by atoms with E-state index in [0.717, 1.165) is 30.2 Å². The number of para-hydroxylation sites is 2. The zero-order valence-corrected chi connectivity index (χ0v) is 22.4. The fraction of sp³-hybridized carbons (Fsp3) is 0.667. The Morgan fingerprint density at radius 1 is 0.947 bits per heavy atom. The number of hydrogen-bond donors (Lipinski definition) is 1. The lowest BCUT2D eigenvalue weighted by atomic mass is 9.73. The molecule has 1 aromatic carbocycles. The van der Waals surface area contributed by atoms with Gasteiger partial charge >= 0.3 is 5.97 Å². The number of carbonyl (C=O) groups excluding carboxylic acids is 1. The molecule has 4 aliphatic rings. The molecule has 4 fully saturated rings. The topological polar surface area (TPSA) is 97.0 Å². The molecule has 6 rings (SSSR count). The van der Waals surface area contributed by atoms with E-state index in [9.17, 15) is 14.8 Å². The van der Waals surface area contributed by atoms with Gasteiger partial charge in [0.15, 0.2) is 5.69 Å². The molecule has 38 heavy (non-hydrogen) atoms. The summed E-state index contributed by atoms with van der Waals surface area (Å²) in [7, 11) is 0. The lowest BCUT2D eigenvalue weighted by Gasteiger charge is -2.54. The molecule has 4 bridgehead atoms. The van der Waals surface area contributed by atoms with Gasteiger partial charge in [0.1, 0.15) is 0 Å². The summed E-state index contributed by atoms with van der Waals surface area (Å²) < 4.78 is 6.90. The van der Waals surface area contributed by atoms with Crippen molar-refractivity contribution in [3.8, 4) is 0 Å². The molecular weight excluding hydrogens is 480 g/mol. The van der Waals surface area contributed by atoms with Crippen LogP contribution in [0.2, 0.25) is 0 Å². The van der Waals surface area contributed by atoms with Crippen LogP contribution in [0.3, 0.4) is 0 Å². The van der Waals surface area contributed by atoms with Crippen LogP contribution in [0.1, 0.15) is 95.7 Å². The smallest absolute Gasteiger partial charge is 0.362 e. The Balaban J connectivity index is 1.35. The number of aromatic nitrogens is 2. The second-order valence-electron chi connectivity index (χ2n) is 12.0. The zero-order chi connectivity index (χ0) is 26.2. The van der Waals surface area contributed by atoms with E-state index in [1.807, 2.05) is 28.8 Å². The number of nitrogens with zero attached hydrogens (tertiary/aromatic N) is 4. The van der Waals surface area contributed by atoms with Crippen LogP contribution in [0.5, 0.6) is 0 Å². The highest BCUT2D eigenvalue weighted by molar-refractivity contribution is 6.42. The van der Waals surface area contributed by atoms with Crippen LogP contribution >= 0.6 is 0 Å². The molecule has 5 atom stereocenters. The van der Waals surface area contributed by atoms with Crippen molar-refractivity contribution < 1.29 is 14.7 Å². The molecule has 0 radical (unpaired) electrons. The first-order valence-electron chi connectivity index (χ1n) is 14.8. The Bertz CT molecular complexity index is 1240. The Morgan fingerprint density at radius 2 is 1.63 bits per heavy atom. The standard InChI is InChI=1S/C30H40N4O4/c1-2-38-30(36)28(32-37)27-29(35)34(26-13-6-5-12-25(26)31-27)24-17-21-10-7-11-22(18-24)33(21)23-15-19-8-3-4-9-20(14-19)16-23/h5-6,12-13,19-24,37H,2-4,7-11,14-18H2,1H3/t19?,20?,21-,22+,23?,24?. The molecule has 3 heterocycles. The van der Waals surface area contributed by atoms with E-state index in [0.29, 0.717) is 23.6 Å². The summed E-state index contributed by atoms with van der Waals surface area (Å²) in [4.78, 5) is 33.8. The van der Waals surface area contributed by atoms with Crippen LogP contribution in [0.15, 0.2) is 34.2 Å². The van der Waals surface area contributed by atoms with E-state index in [-0.39, 0.29) is 23.9 Å². The lowest BCUT2D eigenvalue weighted by molar-refractivity contribution is -0.135. The van der Waals surface area contributed by atoms with Crippen molar-refractivity contribution in [3.63, 3.8) is 0 Å². The van der Waals surface area contributed by atoms with E-state index in [2.05, 4.69) is 15.0 Å². The SMILES string of the molecule is CCOC(=O)C(=NO)c1nc2ccccc2n(C2C[C@H]3CCC[C@@H](C2)N3C2CC3CCCCC(C3)C2)c1=O. The summed E-state index contributed by atoms with van der Waals surface area (Å²) in [6.07, 6.45) is 15.1. The number of hydrogen-bond acceptors (Lipinski definition) is 7. The Hall–Kier alpha value is -2.74. The minimum atomic E-state index is -0.841. The highest BCUT2D eigenvalue weighted by atomic mass is 16.5. The van der Waals surface area contributed by atoms with Gasteiger partial charge in [0, 0.05) is 24.2 Å². The molecule has 3 unspecified atom stereocenters. The summed E-state index contributed by atoms with van der Waals surface area (Å²) in [6.45, 7) is 1.79. The van der Waals surface area contributed by atoms with Crippen LogP contribution < -0.4 is 5.56 Å². The van der Waals surface area contributed by atoms with Crippen LogP contribution in [0, 0.1) is 11.8 Å². The van der Waals surface area contributed by atoms with Crippen LogP contribution in [0.4, 0.5) is 0 Å². The van der Waals surface area contributed by atoms with E-state index in [4.69, 9.17) is 4.74 Å². The largest absolute Gasteiger partial charge is 0.461 e. The van der Waals surface area contributed by atoms with E-state index < -0.39 is 11.7 Å². The third kappa shape index (κ3) is 4.65. The van der Waals surface area contributed by atoms with Crippen LogP contribution in [0.25, 0.3) is 11.0 Å². The van der Waals surface area contributed by atoms with E-state index in [1.165, 1.54) is 64.2 Å². The first-order chi connectivity index (χ1) is 18.6. The maximum Gasteiger partial charge on any atom is 0.362 e. The highest BCUT2D eigenvalue weighted by Gasteiger charge is 2.45. The second kappa shape index (κ2) is 10.8. The van der Waals surface area contributed by atoms with E-state index >= 15 is 0 Å². The van der Waals surface area contributed by atoms with Gasteiger partial charge in [0.05, 0.1) is 17.6 Å². The summed E-state index contributed by atoms with van der Waals surface area (Å²) in [5.74, 6) is 0.924. The summed E-state index contributed by atoms with van der Waals surface area (Å²) in [5, 5.41) is 12.8. The fourth-order valence-electron chi connectivity index (χ4n) is 8.36. The number of piperidine rings is 2. The number of rotatable bonds is 5. The number of esters is 1. The zero-order valence-electron chi connectivity index (χ0n) is 22.4.